The van der Waals surface area contributed by atoms with E-state index in [2.05, 4.69) is 5.32 Å². The molecule has 1 aliphatic heterocycles. The molecule has 2 aliphatic rings. The number of nitrogens with one attached hydrogen (secondary N) is 1. The van der Waals surface area contributed by atoms with Gasteiger partial charge in [0, 0.05) is 24.7 Å². The molecule has 0 bridgehead atoms. The second-order valence-corrected chi connectivity index (χ2v) is 4.36. The van der Waals surface area contributed by atoms with Gasteiger partial charge in [0.15, 0.2) is 5.78 Å². The zero-order chi connectivity index (χ0) is 11.6. The number of carbonyl (C=O) groups excluding carboxylic acids is 2. The molecule has 0 aromatic rings. The minimum atomic E-state index is -0.567. The quantitative estimate of drug-likeness (QED) is 0.714. The van der Waals surface area contributed by atoms with Crippen LogP contribution in [-0.2, 0) is 14.3 Å². The molecule has 4 heteroatoms. The normalized spacial score (nSPS) is 28.8. The van der Waals surface area contributed by atoms with Gasteiger partial charge in [0.25, 0.3) is 0 Å². The van der Waals surface area contributed by atoms with Crippen LogP contribution >= 0.6 is 0 Å². The third-order valence-corrected chi connectivity index (χ3v) is 3.38. The van der Waals surface area contributed by atoms with Crippen LogP contribution in [0.25, 0.3) is 0 Å². The summed E-state index contributed by atoms with van der Waals surface area (Å²) in [7, 11) is 0. The Kier molecular flexibility index (Phi) is 2.99. The predicted molar refractivity (Wildman–Crippen MR) is 58.6 cm³/mol. The van der Waals surface area contributed by atoms with Gasteiger partial charge in [-0.2, -0.15) is 0 Å². The highest BCUT2D eigenvalue weighted by Crippen LogP contribution is 2.42. The minimum Gasteiger partial charge on any atom is -0.465 e. The van der Waals surface area contributed by atoms with Crippen LogP contribution in [0.5, 0.6) is 0 Å². The van der Waals surface area contributed by atoms with E-state index < -0.39 is 5.41 Å². The van der Waals surface area contributed by atoms with Crippen LogP contribution in [0, 0.1) is 5.41 Å². The van der Waals surface area contributed by atoms with Crippen molar-refractivity contribution in [1.29, 1.82) is 0 Å². The first-order valence-electron chi connectivity index (χ1n) is 5.85. The van der Waals surface area contributed by atoms with E-state index in [1.54, 1.807) is 6.08 Å². The van der Waals surface area contributed by atoms with Crippen molar-refractivity contribution >= 4 is 11.8 Å². The summed E-state index contributed by atoms with van der Waals surface area (Å²) >= 11 is 0. The molecule has 1 aliphatic carbocycles. The van der Waals surface area contributed by atoms with E-state index in [1.807, 2.05) is 6.92 Å². The van der Waals surface area contributed by atoms with Crippen LogP contribution in [0.2, 0.25) is 0 Å². The molecule has 0 aromatic heterocycles. The molecular formula is C12H17NO3. The number of ketones is 1. The maximum absolute atomic E-state index is 12.0. The van der Waals surface area contributed by atoms with Crippen LogP contribution in [0.15, 0.2) is 11.8 Å². The third-order valence-electron chi connectivity index (χ3n) is 3.38. The lowest BCUT2D eigenvalue weighted by Crippen LogP contribution is -2.46. The average molecular weight is 223 g/mol. The minimum absolute atomic E-state index is 0.101. The zero-order valence-corrected chi connectivity index (χ0v) is 9.54. The molecule has 0 amide bonds. The van der Waals surface area contributed by atoms with Gasteiger partial charge in [0.05, 0.1) is 6.61 Å². The molecule has 88 valence electrons. The molecule has 1 atom stereocenters. The molecule has 1 heterocycles. The molecule has 1 saturated heterocycles. The molecule has 0 aromatic carbocycles. The summed E-state index contributed by atoms with van der Waals surface area (Å²) in [6, 6.07) is 0. The van der Waals surface area contributed by atoms with Crippen molar-refractivity contribution < 1.29 is 14.3 Å². The van der Waals surface area contributed by atoms with Gasteiger partial charge in [-0.05, 0) is 26.2 Å². The maximum atomic E-state index is 12.0. The van der Waals surface area contributed by atoms with Crippen molar-refractivity contribution in [2.24, 2.45) is 5.41 Å². The molecule has 0 saturated carbocycles. The lowest BCUT2D eigenvalue weighted by atomic mass is 9.70. The number of allylic oxidation sites excluding steroid dienone is 1. The molecule has 2 rings (SSSR count). The van der Waals surface area contributed by atoms with Gasteiger partial charge >= 0.3 is 5.97 Å². The largest absolute Gasteiger partial charge is 0.465 e. The number of hydrogen-bond acceptors (Lipinski definition) is 4. The highest BCUT2D eigenvalue weighted by Gasteiger charge is 2.47. The topological polar surface area (TPSA) is 55.4 Å². The van der Waals surface area contributed by atoms with Crippen molar-refractivity contribution in [3.8, 4) is 0 Å². The van der Waals surface area contributed by atoms with E-state index in [0.717, 1.165) is 25.1 Å². The molecule has 16 heavy (non-hydrogen) atoms. The van der Waals surface area contributed by atoms with Crippen molar-refractivity contribution in [1.82, 2.24) is 5.32 Å². The maximum Gasteiger partial charge on any atom is 0.318 e. The number of fused-ring (bicyclic) bond motifs is 1. The Bertz CT molecular complexity index is 348. The standard InChI is InChI=1S/C12H17NO3/c1-2-16-11(15)12-5-3-7-13-10(12)8-9(14)4-6-12/h8,13H,2-7H2,1H3/t12-/m1/s1. The number of piperidine rings is 1. The van der Waals surface area contributed by atoms with Crippen LogP contribution in [0.3, 0.4) is 0 Å². The first kappa shape index (κ1) is 11.2. The molecule has 4 nitrogen and oxygen atoms in total. The summed E-state index contributed by atoms with van der Waals surface area (Å²) in [4.78, 5) is 23.4. The zero-order valence-electron chi connectivity index (χ0n) is 9.54. The summed E-state index contributed by atoms with van der Waals surface area (Å²) in [5.41, 5.74) is 0.204. The van der Waals surface area contributed by atoms with Crippen LogP contribution in [-0.4, -0.2) is 24.9 Å². The highest BCUT2D eigenvalue weighted by molar-refractivity contribution is 5.95. The smallest absolute Gasteiger partial charge is 0.318 e. The van der Waals surface area contributed by atoms with Gasteiger partial charge in [-0.3, -0.25) is 9.59 Å². The average Bonchev–Trinajstić information content (AvgIpc) is 2.29. The SMILES string of the molecule is CCOC(=O)[C@@]12CCCNC1=CC(=O)CC2. The number of hydrogen-bond donors (Lipinski definition) is 1. The predicted octanol–water partition coefficient (Wildman–Crippen LogP) is 1.17. The summed E-state index contributed by atoms with van der Waals surface area (Å²) in [5, 5.41) is 3.17. The van der Waals surface area contributed by atoms with Gasteiger partial charge in [-0.1, -0.05) is 0 Å². The Hall–Kier alpha value is -1.32. The van der Waals surface area contributed by atoms with Gasteiger partial charge in [0.2, 0.25) is 0 Å². The Morgan fingerprint density at radius 2 is 2.38 bits per heavy atom. The van der Waals surface area contributed by atoms with Crippen molar-refractivity contribution in [3.63, 3.8) is 0 Å². The van der Waals surface area contributed by atoms with Gasteiger partial charge < -0.3 is 10.1 Å². The van der Waals surface area contributed by atoms with Crippen LogP contribution in [0.4, 0.5) is 0 Å². The second kappa shape index (κ2) is 4.28. The Balaban J connectivity index is 2.30. The Morgan fingerprint density at radius 1 is 1.56 bits per heavy atom. The first-order chi connectivity index (χ1) is 7.69. The van der Waals surface area contributed by atoms with Crippen molar-refractivity contribution in [3.05, 3.63) is 11.8 Å². The molecule has 1 N–H and O–H groups in total. The number of rotatable bonds is 2. The summed E-state index contributed by atoms with van der Waals surface area (Å²) < 4.78 is 5.15. The summed E-state index contributed by atoms with van der Waals surface area (Å²) in [5.74, 6) is -0.0785. The van der Waals surface area contributed by atoms with E-state index in [0.29, 0.717) is 19.4 Å². The number of esters is 1. The van der Waals surface area contributed by atoms with Crippen LogP contribution < -0.4 is 5.32 Å². The highest BCUT2D eigenvalue weighted by atomic mass is 16.5. The van der Waals surface area contributed by atoms with Gasteiger partial charge in [-0.25, -0.2) is 0 Å². The Labute approximate surface area is 95.0 Å². The second-order valence-electron chi connectivity index (χ2n) is 4.36. The molecule has 0 unspecified atom stereocenters. The first-order valence-corrected chi connectivity index (χ1v) is 5.85. The molecule has 1 fully saturated rings. The molecular weight excluding hydrogens is 206 g/mol. The lowest BCUT2D eigenvalue weighted by molar-refractivity contribution is -0.155. The number of ether oxygens (including phenoxy) is 1. The lowest BCUT2D eigenvalue weighted by Gasteiger charge is -2.39. The van der Waals surface area contributed by atoms with Crippen LogP contribution in [0.1, 0.15) is 32.6 Å². The van der Waals surface area contributed by atoms with E-state index in [1.165, 1.54) is 0 Å². The van der Waals surface area contributed by atoms with Gasteiger partial charge in [0.1, 0.15) is 5.41 Å². The van der Waals surface area contributed by atoms with Crippen molar-refractivity contribution in [2.75, 3.05) is 13.2 Å². The van der Waals surface area contributed by atoms with Gasteiger partial charge in [-0.15, -0.1) is 0 Å². The monoisotopic (exact) mass is 223 g/mol. The van der Waals surface area contributed by atoms with E-state index in [9.17, 15) is 9.59 Å². The fraction of sp³-hybridized carbons (Fsp3) is 0.667. The van der Waals surface area contributed by atoms with Crippen molar-refractivity contribution in [2.45, 2.75) is 32.6 Å². The fourth-order valence-electron chi connectivity index (χ4n) is 2.52. The molecule has 0 radical (unpaired) electrons. The number of carbonyl (C=O) groups is 2. The van der Waals surface area contributed by atoms with E-state index in [4.69, 9.17) is 4.74 Å². The van der Waals surface area contributed by atoms with E-state index in [-0.39, 0.29) is 11.8 Å². The van der Waals surface area contributed by atoms with E-state index >= 15 is 0 Å². The summed E-state index contributed by atoms with van der Waals surface area (Å²) in [6.07, 6.45) is 4.36. The molecule has 0 spiro atoms. The Morgan fingerprint density at radius 3 is 3.12 bits per heavy atom. The third kappa shape index (κ3) is 1.72. The summed E-state index contributed by atoms with van der Waals surface area (Å²) in [6.45, 7) is 3.03. The fourth-order valence-corrected chi connectivity index (χ4v) is 2.52.